The Morgan fingerprint density at radius 1 is 0.600 bits per heavy atom. The van der Waals surface area contributed by atoms with Gasteiger partial charge in [0.1, 0.15) is 6.61 Å². The summed E-state index contributed by atoms with van der Waals surface area (Å²) in [6.45, 7) is 4.66. The number of rotatable bonds is 36. The molecular formula is C42H78NO7+. The molecule has 8 nitrogen and oxygen atoms in total. The third kappa shape index (κ3) is 31.8. The van der Waals surface area contributed by atoms with Crippen molar-refractivity contribution < 1.29 is 38.2 Å². The van der Waals surface area contributed by atoms with Crippen LogP contribution in [0.15, 0.2) is 24.3 Å². The molecule has 0 spiro atoms. The molecule has 2 atom stereocenters. The molecule has 0 aromatic heterocycles. The molecule has 50 heavy (non-hydrogen) atoms. The van der Waals surface area contributed by atoms with Gasteiger partial charge in [0.15, 0.2) is 12.1 Å². The van der Waals surface area contributed by atoms with E-state index in [1.165, 1.54) is 96.3 Å². The van der Waals surface area contributed by atoms with Crippen LogP contribution >= 0.6 is 0 Å². The third-order valence-electron chi connectivity index (χ3n) is 9.10. The van der Waals surface area contributed by atoms with E-state index in [1.54, 1.807) is 0 Å². The van der Waals surface area contributed by atoms with E-state index in [4.69, 9.17) is 14.2 Å². The fraction of sp³-hybridized carbons (Fsp3) is 0.833. The van der Waals surface area contributed by atoms with Crippen molar-refractivity contribution in [3.63, 3.8) is 0 Å². The van der Waals surface area contributed by atoms with Gasteiger partial charge in [-0.15, -0.1) is 0 Å². The zero-order valence-corrected chi connectivity index (χ0v) is 33.1. The Bertz CT molecular complexity index is 880. The zero-order valence-electron chi connectivity index (χ0n) is 33.1. The van der Waals surface area contributed by atoms with Crippen LogP contribution in [0.1, 0.15) is 174 Å². The molecule has 0 heterocycles. The Morgan fingerprint density at radius 2 is 1.06 bits per heavy atom. The Labute approximate surface area is 307 Å². The van der Waals surface area contributed by atoms with Crippen LogP contribution in [-0.4, -0.2) is 80.6 Å². The van der Waals surface area contributed by atoms with E-state index in [1.807, 2.05) is 21.1 Å². The highest BCUT2D eigenvalue weighted by Gasteiger charge is 2.31. The fourth-order valence-corrected chi connectivity index (χ4v) is 5.89. The van der Waals surface area contributed by atoms with Crippen molar-refractivity contribution in [2.45, 2.75) is 187 Å². The molecule has 0 fully saturated rings. The molecule has 0 saturated heterocycles. The number of carbonyl (C=O) groups excluding carboxylic acids is 2. The number of ether oxygens (including phenoxy) is 3. The summed E-state index contributed by atoms with van der Waals surface area (Å²) in [6, 6.07) is -0.611. The van der Waals surface area contributed by atoms with Crippen molar-refractivity contribution in [1.29, 1.82) is 0 Å². The Kier molecular flexibility index (Phi) is 32.4. The summed E-state index contributed by atoms with van der Waals surface area (Å²) in [5, 5.41) is 9.57. The summed E-state index contributed by atoms with van der Waals surface area (Å²) in [5.74, 6) is -1.48. The first-order valence-corrected chi connectivity index (χ1v) is 20.4. The molecule has 0 bridgehead atoms. The predicted molar refractivity (Wildman–Crippen MR) is 206 cm³/mol. The summed E-state index contributed by atoms with van der Waals surface area (Å²) in [4.78, 5) is 36.7. The molecule has 0 aromatic carbocycles. The maximum atomic E-state index is 12.7. The van der Waals surface area contributed by atoms with Crippen molar-refractivity contribution in [3.05, 3.63) is 24.3 Å². The van der Waals surface area contributed by atoms with Crippen LogP contribution in [0, 0.1) is 0 Å². The number of hydrogen-bond donors (Lipinski definition) is 1. The number of esters is 2. The lowest BCUT2D eigenvalue weighted by molar-refractivity contribution is -0.887. The van der Waals surface area contributed by atoms with Crippen LogP contribution < -0.4 is 0 Å². The van der Waals surface area contributed by atoms with E-state index >= 15 is 0 Å². The molecule has 292 valence electrons. The van der Waals surface area contributed by atoms with E-state index in [2.05, 4.69) is 38.2 Å². The number of quaternary nitrogens is 1. The van der Waals surface area contributed by atoms with E-state index in [-0.39, 0.29) is 36.2 Å². The summed E-state index contributed by atoms with van der Waals surface area (Å²) in [6.07, 6.45) is 35.1. The lowest BCUT2D eigenvalue weighted by Crippen LogP contribution is -2.50. The Balaban J connectivity index is 4.27. The van der Waals surface area contributed by atoms with Gasteiger partial charge in [-0.2, -0.15) is 0 Å². The standard InChI is InChI=1S/C42H77NO7/c1-6-8-10-12-14-15-16-17-18-19-20-21-22-23-24-25-27-29-31-33-41(45)50-38(36-48-35-34-39(42(46)47)43(3,4)5)37-49-40(44)32-30-28-26-13-11-9-7-2/h14-15,17-18,38-39H,6-13,16,19-37H2,1-5H3/p+1/b15-14-,18-17-. The van der Waals surface area contributed by atoms with E-state index in [9.17, 15) is 19.5 Å². The van der Waals surface area contributed by atoms with Gasteiger partial charge in [0, 0.05) is 19.3 Å². The summed E-state index contributed by atoms with van der Waals surface area (Å²) >= 11 is 0. The van der Waals surface area contributed by atoms with Crippen LogP contribution in [0.5, 0.6) is 0 Å². The molecule has 0 aromatic rings. The average Bonchev–Trinajstić information content (AvgIpc) is 3.06. The number of carboxylic acid groups (broad SMARTS) is 1. The van der Waals surface area contributed by atoms with Gasteiger partial charge >= 0.3 is 17.9 Å². The normalized spacial score (nSPS) is 13.2. The number of unbranched alkanes of at least 4 members (excludes halogenated alkanes) is 18. The maximum absolute atomic E-state index is 12.7. The minimum absolute atomic E-state index is 0.0500. The molecule has 8 heteroatoms. The third-order valence-corrected chi connectivity index (χ3v) is 9.10. The highest BCUT2D eigenvalue weighted by atomic mass is 16.6. The molecule has 0 saturated carbocycles. The van der Waals surface area contributed by atoms with Crippen LogP contribution in [0.3, 0.4) is 0 Å². The SMILES string of the molecule is CCCCC/C=C\C/C=C\CCCCCCCCCCCC(=O)OC(COCCC(C(=O)O)[N+](C)(C)C)COC(=O)CCCCCCCCC. The minimum atomic E-state index is -0.876. The van der Waals surface area contributed by atoms with Crippen molar-refractivity contribution in [1.82, 2.24) is 0 Å². The lowest BCUT2D eigenvalue weighted by Gasteiger charge is -2.31. The van der Waals surface area contributed by atoms with Gasteiger partial charge in [-0.1, -0.05) is 134 Å². The highest BCUT2D eigenvalue weighted by molar-refractivity contribution is 5.72. The summed E-state index contributed by atoms with van der Waals surface area (Å²) in [5.41, 5.74) is 0. The van der Waals surface area contributed by atoms with Crippen molar-refractivity contribution >= 4 is 17.9 Å². The fourth-order valence-electron chi connectivity index (χ4n) is 5.89. The first-order chi connectivity index (χ1) is 24.1. The summed E-state index contributed by atoms with van der Waals surface area (Å²) in [7, 11) is 5.51. The van der Waals surface area contributed by atoms with Crippen LogP contribution in [0.25, 0.3) is 0 Å². The van der Waals surface area contributed by atoms with E-state index < -0.39 is 18.1 Å². The van der Waals surface area contributed by atoms with Gasteiger partial charge in [0.2, 0.25) is 0 Å². The number of hydrogen-bond acceptors (Lipinski definition) is 6. The molecule has 0 aliphatic rings. The van der Waals surface area contributed by atoms with Crippen LogP contribution in [0.2, 0.25) is 0 Å². The van der Waals surface area contributed by atoms with Crippen LogP contribution in [-0.2, 0) is 28.6 Å². The smallest absolute Gasteiger partial charge is 0.362 e. The largest absolute Gasteiger partial charge is 0.477 e. The minimum Gasteiger partial charge on any atom is -0.477 e. The average molecular weight is 709 g/mol. The predicted octanol–water partition coefficient (Wildman–Crippen LogP) is 10.5. The first-order valence-electron chi connectivity index (χ1n) is 20.4. The van der Waals surface area contributed by atoms with Crippen molar-refractivity contribution in [2.24, 2.45) is 0 Å². The second-order valence-electron chi connectivity index (χ2n) is 14.9. The molecule has 0 rings (SSSR count). The summed E-state index contributed by atoms with van der Waals surface area (Å²) < 4.78 is 17.2. The Morgan fingerprint density at radius 3 is 1.58 bits per heavy atom. The number of carboxylic acids is 1. The number of aliphatic carboxylic acids is 1. The van der Waals surface area contributed by atoms with Crippen molar-refractivity contribution in [2.75, 3.05) is 41.0 Å². The molecule has 0 radical (unpaired) electrons. The molecular weight excluding hydrogens is 630 g/mol. The second-order valence-corrected chi connectivity index (χ2v) is 14.9. The lowest BCUT2D eigenvalue weighted by atomic mass is 10.1. The zero-order chi connectivity index (χ0) is 37.1. The van der Waals surface area contributed by atoms with Gasteiger partial charge < -0.3 is 23.8 Å². The van der Waals surface area contributed by atoms with E-state index in [0.717, 1.165) is 44.9 Å². The van der Waals surface area contributed by atoms with Gasteiger partial charge in [-0.25, -0.2) is 4.79 Å². The van der Waals surface area contributed by atoms with Gasteiger partial charge in [-0.05, 0) is 44.9 Å². The number of nitrogens with zero attached hydrogens (tertiary/aromatic N) is 1. The quantitative estimate of drug-likeness (QED) is 0.0299. The van der Waals surface area contributed by atoms with E-state index in [0.29, 0.717) is 19.3 Å². The molecule has 1 N–H and O–H groups in total. The van der Waals surface area contributed by atoms with Crippen LogP contribution in [0.4, 0.5) is 0 Å². The van der Waals surface area contributed by atoms with Gasteiger partial charge in [0.05, 0.1) is 34.4 Å². The van der Waals surface area contributed by atoms with Gasteiger partial charge in [-0.3, -0.25) is 9.59 Å². The number of carbonyl (C=O) groups is 3. The highest BCUT2D eigenvalue weighted by Crippen LogP contribution is 2.14. The topological polar surface area (TPSA) is 99.1 Å². The Hall–Kier alpha value is -2.19. The molecule has 0 aliphatic heterocycles. The maximum Gasteiger partial charge on any atom is 0.362 e. The number of allylic oxidation sites excluding steroid dienone is 4. The van der Waals surface area contributed by atoms with Crippen molar-refractivity contribution in [3.8, 4) is 0 Å². The molecule has 2 unspecified atom stereocenters. The first kappa shape index (κ1) is 47.8. The van der Waals surface area contributed by atoms with Gasteiger partial charge in [0.25, 0.3) is 0 Å². The molecule has 0 amide bonds. The second kappa shape index (κ2) is 33.9. The number of likely N-dealkylation sites (N-methyl/N-ethyl adjacent to an activating group) is 1. The monoisotopic (exact) mass is 709 g/mol. The molecule has 0 aliphatic carbocycles.